The summed E-state index contributed by atoms with van der Waals surface area (Å²) in [6, 6.07) is 6.78. The fourth-order valence-corrected chi connectivity index (χ4v) is 3.28. The summed E-state index contributed by atoms with van der Waals surface area (Å²) >= 11 is 1.72. The Balaban J connectivity index is 1.88. The minimum Gasteiger partial charge on any atom is -0.357 e. The van der Waals surface area contributed by atoms with Gasteiger partial charge in [0.1, 0.15) is 5.03 Å². The van der Waals surface area contributed by atoms with Gasteiger partial charge in [0.25, 0.3) is 0 Å². The SMILES string of the molecule is CNc1ncc(C)c(Sc2ccc3c(c2)CCC3)n1. The van der Waals surface area contributed by atoms with Crippen LogP contribution >= 0.6 is 11.8 Å². The third-order valence-electron chi connectivity index (χ3n) is 3.43. The van der Waals surface area contributed by atoms with E-state index in [0.29, 0.717) is 5.95 Å². The molecule has 0 aliphatic heterocycles. The molecule has 0 saturated heterocycles. The summed E-state index contributed by atoms with van der Waals surface area (Å²) in [6.45, 7) is 2.05. The first-order valence-electron chi connectivity index (χ1n) is 6.57. The molecule has 0 bridgehead atoms. The fraction of sp³-hybridized carbons (Fsp3) is 0.333. The van der Waals surface area contributed by atoms with Crippen LogP contribution in [0.25, 0.3) is 0 Å². The molecule has 3 nitrogen and oxygen atoms in total. The van der Waals surface area contributed by atoms with E-state index in [4.69, 9.17) is 0 Å². The van der Waals surface area contributed by atoms with E-state index in [9.17, 15) is 0 Å². The fourth-order valence-electron chi connectivity index (χ4n) is 2.37. The van der Waals surface area contributed by atoms with E-state index in [-0.39, 0.29) is 0 Å². The molecule has 0 amide bonds. The van der Waals surface area contributed by atoms with Crippen LogP contribution in [0.15, 0.2) is 34.3 Å². The molecule has 4 heteroatoms. The lowest BCUT2D eigenvalue weighted by molar-refractivity contribution is 0.911. The lowest BCUT2D eigenvalue weighted by Crippen LogP contribution is -1.98. The molecule has 3 rings (SSSR count). The molecule has 0 saturated carbocycles. The van der Waals surface area contributed by atoms with E-state index in [1.807, 2.05) is 13.2 Å². The van der Waals surface area contributed by atoms with Crippen LogP contribution in [-0.4, -0.2) is 17.0 Å². The molecular formula is C15H17N3S. The van der Waals surface area contributed by atoms with Gasteiger partial charge >= 0.3 is 0 Å². The standard InChI is InChI=1S/C15H17N3S/c1-10-9-17-15(16-2)18-14(10)19-13-7-6-11-4-3-5-12(11)8-13/h6-9H,3-5H2,1-2H3,(H,16,17,18). The molecule has 0 spiro atoms. The highest BCUT2D eigenvalue weighted by molar-refractivity contribution is 7.99. The summed E-state index contributed by atoms with van der Waals surface area (Å²) in [7, 11) is 1.84. The number of hydrogen-bond acceptors (Lipinski definition) is 4. The van der Waals surface area contributed by atoms with Crippen molar-refractivity contribution in [2.24, 2.45) is 0 Å². The van der Waals surface area contributed by atoms with Crippen molar-refractivity contribution in [2.75, 3.05) is 12.4 Å². The monoisotopic (exact) mass is 271 g/mol. The van der Waals surface area contributed by atoms with Gasteiger partial charge in [-0.2, -0.15) is 0 Å². The topological polar surface area (TPSA) is 37.8 Å². The van der Waals surface area contributed by atoms with E-state index in [1.54, 1.807) is 11.8 Å². The van der Waals surface area contributed by atoms with Crippen molar-refractivity contribution in [3.63, 3.8) is 0 Å². The first-order chi connectivity index (χ1) is 9.26. The number of aryl methyl sites for hydroxylation is 3. The van der Waals surface area contributed by atoms with Crippen LogP contribution in [0.1, 0.15) is 23.1 Å². The average Bonchev–Trinajstić information content (AvgIpc) is 2.89. The number of rotatable bonds is 3. The number of nitrogens with zero attached hydrogens (tertiary/aromatic N) is 2. The van der Waals surface area contributed by atoms with E-state index >= 15 is 0 Å². The quantitative estimate of drug-likeness (QED) is 0.867. The molecule has 0 atom stereocenters. The van der Waals surface area contributed by atoms with Gasteiger partial charge in [0.2, 0.25) is 5.95 Å². The molecule has 98 valence electrons. The van der Waals surface area contributed by atoms with E-state index in [1.165, 1.54) is 35.3 Å². The number of hydrogen-bond donors (Lipinski definition) is 1. The van der Waals surface area contributed by atoms with Crippen LogP contribution in [-0.2, 0) is 12.8 Å². The van der Waals surface area contributed by atoms with Gasteiger partial charge < -0.3 is 5.32 Å². The Hall–Kier alpha value is -1.55. The second-order valence-electron chi connectivity index (χ2n) is 4.82. The van der Waals surface area contributed by atoms with Gasteiger partial charge in [-0.25, -0.2) is 9.97 Å². The normalized spacial score (nSPS) is 13.4. The molecule has 1 aromatic carbocycles. The van der Waals surface area contributed by atoms with Gasteiger partial charge in [0, 0.05) is 23.7 Å². The van der Waals surface area contributed by atoms with Crippen LogP contribution in [0.3, 0.4) is 0 Å². The molecule has 1 aliphatic rings. The molecule has 1 heterocycles. The van der Waals surface area contributed by atoms with Crippen LogP contribution < -0.4 is 5.32 Å². The minimum absolute atomic E-state index is 0.675. The Morgan fingerprint density at radius 1 is 1.21 bits per heavy atom. The van der Waals surface area contributed by atoms with Crippen LogP contribution in [0.2, 0.25) is 0 Å². The smallest absolute Gasteiger partial charge is 0.223 e. The Bertz CT molecular complexity index is 610. The van der Waals surface area contributed by atoms with Gasteiger partial charge in [-0.15, -0.1) is 0 Å². The number of anilines is 1. The third kappa shape index (κ3) is 2.59. The lowest BCUT2D eigenvalue weighted by atomic mass is 10.1. The summed E-state index contributed by atoms with van der Waals surface area (Å²) in [5, 5.41) is 4.01. The summed E-state index contributed by atoms with van der Waals surface area (Å²) in [6.07, 6.45) is 5.61. The number of benzene rings is 1. The van der Waals surface area contributed by atoms with Gasteiger partial charge in [-0.3, -0.25) is 0 Å². The zero-order valence-electron chi connectivity index (χ0n) is 11.2. The van der Waals surface area contributed by atoms with Crippen molar-refractivity contribution in [3.8, 4) is 0 Å². The van der Waals surface area contributed by atoms with Crippen molar-refractivity contribution >= 4 is 17.7 Å². The van der Waals surface area contributed by atoms with Gasteiger partial charge in [-0.05, 0) is 49.4 Å². The summed E-state index contributed by atoms with van der Waals surface area (Å²) in [4.78, 5) is 10.0. The van der Waals surface area contributed by atoms with E-state index < -0.39 is 0 Å². The minimum atomic E-state index is 0.675. The van der Waals surface area contributed by atoms with Crippen LogP contribution in [0.4, 0.5) is 5.95 Å². The van der Waals surface area contributed by atoms with E-state index in [0.717, 1.165) is 10.6 Å². The predicted molar refractivity (Wildman–Crippen MR) is 78.9 cm³/mol. The largest absolute Gasteiger partial charge is 0.357 e. The maximum atomic E-state index is 4.52. The van der Waals surface area contributed by atoms with E-state index in [2.05, 4.69) is 40.4 Å². The van der Waals surface area contributed by atoms with Gasteiger partial charge in [-0.1, -0.05) is 17.8 Å². The van der Waals surface area contributed by atoms with Crippen molar-refractivity contribution < 1.29 is 0 Å². The molecule has 0 radical (unpaired) electrons. The predicted octanol–water partition coefficient (Wildman–Crippen LogP) is 3.47. The Kier molecular flexibility index (Phi) is 3.42. The molecule has 1 N–H and O–H groups in total. The average molecular weight is 271 g/mol. The maximum absolute atomic E-state index is 4.52. The highest BCUT2D eigenvalue weighted by Gasteiger charge is 2.12. The summed E-state index contributed by atoms with van der Waals surface area (Å²) in [5.41, 5.74) is 4.13. The summed E-state index contributed by atoms with van der Waals surface area (Å²) in [5.74, 6) is 0.675. The second kappa shape index (κ2) is 5.21. The van der Waals surface area contributed by atoms with Crippen molar-refractivity contribution in [1.29, 1.82) is 0 Å². The van der Waals surface area contributed by atoms with Crippen LogP contribution in [0, 0.1) is 6.92 Å². The Morgan fingerprint density at radius 3 is 2.89 bits per heavy atom. The van der Waals surface area contributed by atoms with Crippen LogP contribution in [0.5, 0.6) is 0 Å². The Morgan fingerprint density at radius 2 is 2.05 bits per heavy atom. The number of fused-ring (bicyclic) bond motifs is 1. The highest BCUT2D eigenvalue weighted by atomic mass is 32.2. The second-order valence-corrected chi connectivity index (χ2v) is 5.88. The van der Waals surface area contributed by atoms with Crippen molar-refractivity contribution in [1.82, 2.24) is 9.97 Å². The molecule has 1 aromatic heterocycles. The van der Waals surface area contributed by atoms with Gasteiger partial charge in [0.05, 0.1) is 0 Å². The molecule has 0 fully saturated rings. The number of aromatic nitrogens is 2. The third-order valence-corrected chi connectivity index (χ3v) is 4.53. The lowest BCUT2D eigenvalue weighted by Gasteiger charge is -2.08. The molecular weight excluding hydrogens is 254 g/mol. The first kappa shape index (κ1) is 12.5. The first-order valence-corrected chi connectivity index (χ1v) is 7.39. The summed E-state index contributed by atoms with van der Waals surface area (Å²) < 4.78 is 0. The molecule has 19 heavy (non-hydrogen) atoms. The van der Waals surface area contributed by atoms with Gasteiger partial charge in [0.15, 0.2) is 0 Å². The van der Waals surface area contributed by atoms with Crippen molar-refractivity contribution in [3.05, 3.63) is 41.1 Å². The Labute approximate surface area is 117 Å². The molecule has 1 aliphatic carbocycles. The zero-order chi connectivity index (χ0) is 13.2. The molecule has 0 unspecified atom stereocenters. The van der Waals surface area contributed by atoms with Crippen molar-refractivity contribution in [2.45, 2.75) is 36.1 Å². The number of nitrogens with one attached hydrogen (secondary N) is 1. The zero-order valence-corrected chi connectivity index (χ0v) is 12.0. The highest BCUT2D eigenvalue weighted by Crippen LogP contribution is 2.32. The maximum Gasteiger partial charge on any atom is 0.223 e. The molecule has 2 aromatic rings.